The van der Waals surface area contributed by atoms with Crippen molar-refractivity contribution in [2.24, 2.45) is 5.92 Å². The van der Waals surface area contributed by atoms with Gasteiger partial charge in [-0.2, -0.15) is 13.2 Å². The Labute approximate surface area is 167 Å². The predicted octanol–water partition coefficient (Wildman–Crippen LogP) is 4.08. The van der Waals surface area contributed by atoms with Crippen LogP contribution in [0.1, 0.15) is 24.6 Å². The van der Waals surface area contributed by atoms with Crippen LogP contribution < -0.4 is 10.1 Å². The molecule has 1 fully saturated rings. The van der Waals surface area contributed by atoms with Crippen molar-refractivity contribution in [3.05, 3.63) is 47.6 Å². The van der Waals surface area contributed by atoms with Crippen molar-refractivity contribution in [1.29, 1.82) is 0 Å². The number of benzene rings is 1. The summed E-state index contributed by atoms with van der Waals surface area (Å²) in [5.74, 6) is 0.00350. The molecular formula is C19H16F3N3O3S. The van der Waals surface area contributed by atoms with Crippen LogP contribution in [0.3, 0.4) is 0 Å². The molecule has 152 valence electrons. The second-order valence-electron chi connectivity index (χ2n) is 6.75. The van der Waals surface area contributed by atoms with Crippen molar-refractivity contribution in [2.45, 2.75) is 31.2 Å². The van der Waals surface area contributed by atoms with Crippen LogP contribution in [0.15, 0.2) is 41.9 Å². The number of amides is 1. The zero-order valence-electron chi connectivity index (χ0n) is 14.9. The number of rotatable bonds is 5. The van der Waals surface area contributed by atoms with Crippen LogP contribution in [0.5, 0.6) is 5.75 Å². The number of para-hydroxylation sites is 1. The second-order valence-corrected chi connectivity index (χ2v) is 7.61. The molecule has 0 radical (unpaired) electrons. The average Bonchev–Trinajstić information content (AvgIpc) is 3.11. The summed E-state index contributed by atoms with van der Waals surface area (Å²) in [5, 5.41) is 13.8. The Morgan fingerprint density at radius 2 is 2.03 bits per heavy atom. The highest BCUT2D eigenvalue weighted by atomic mass is 32.1. The number of carbonyl (C=O) groups is 1. The molecule has 1 unspecified atom stereocenters. The van der Waals surface area contributed by atoms with Gasteiger partial charge in [-0.1, -0.05) is 18.2 Å². The molecule has 0 aliphatic heterocycles. The number of thiazole rings is 1. The van der Waals surface area contributed by atoms with Crippen LogP contribution >= 0.6 is 11.3 Å². The minimum atomic E-state index is -4.80. The summed E-state index contributed by atoms with van der Waals surface area (Å²) in [6, 6.07) is 9.41. The zero-order chi connectivity index (χ0) is 20.6. The highest BCUT2D eigenvalue weighted by molar-refractivity contribution is 7.13. The molecule has 1 saturated carbocycles. The number of hydrogen-bond donors (Lipinski definition) is 2. The van der Waals surface area contributed by atoms with Gasteiger partial charge in [-0.25, -0.2) is 4.98 Å². The normalized spacial score (nSPS) is 20.1. The predicted molar refractivity (Wildman–Crippen MR) is 101 cm³/mol. The van der Waals surface area contributed by atoms with E-state index in [2.05, 4.69) is 15.3 Å². The second kappa shape index (κ2) is 7.60. The number of alkyl halides is 3. The number of ether oxygens (including phenoxy) is 1. The lowest BCUT2D eigenvalue weighted by atomic mass is 9.81. The molecule has 4 rings (SSSR count). The molecule has 0 bridgehead atoms. The summed E-state index contributed by atoms with van der Waals surface area (Å²) in [4.78, 5) is 20.3. The topological polar surface area (TPSA) is 84.3 Å². The maximum absolute atomic E-state index is 12.5. The average molecular weight is 423 g/mol. The molecule has 0 spiro atoms. The third kappa shape index (κ3) is 4.18. The minimum absolute atomic E-state index is 0.0240. The van der Waals surface area contributed by atoms with E-state index in [1.807, 2.05) is 30.3 Å². The number of hydrogen-bond acceptors (Lipinski definition) is 6. The number of nitrogens with one attached hydrogen (secondary N) is 1. The molecule has 3 aromatic rings. The van der Waals surface area contributed by atoms with Crippen LogP contribution in [-0.2, 0) is 4.79 Å². The Morgan fingerprint density at radius 1 is 1.28 bits per heavy atom. The van der Waals surface area contributed by atoms with Crippen molar-refractivity contribution in [2.75, 3.05) is 5.32 Å². The Balaban J connectivity index is 1.32. The van der Waals surface area contributed by atoms with Crippen LogP contribution in [0.4, 0.5) is 18.3 Å². The van der Waals surface area contributed by atoms with E-state index < -0.39 is 18.0 Å². The van der Waals surface area contributed by atoms with Gasteiger partial charge < -0.3 is 15.2 Å². The Bertz CT molecular complexity index is 1030. The van der Waals surface area contributed by atoms with Gasteiger partial charge in [0.15, 0.2) is 11.2 Å². The summed E-state index contributed by atoms with van der Waals surface area (Å²) in [7, 11) is 0. The quantitative estimate of drug-likeness (QED) is 0.646. The van der Waals surface area contributed by atoms with Crippen molar-refractivity contribution < 1.29 is 27.8 Å². The molecule has 1 aromatic carbocycles. The summed E-state index contributed by atoms with van der Waals surface area (Å²) in [6.07, 6.45) is -4.96. The summed E-state index contributed by atoms with van der Waals surface area (Å²) in [6.45, 7) is 0. The van der Waals surface area contributed by atoms with Crippen molar-refractivity contribution in [1.82, 2.24) is 9.97 Å². The first-order valence-corrected chi connectivity index (χ1v) is 9.70. The number of aromatic nitrogens is 2. The smallest absolute Gasteiger partial charge is 0.420 e. The molecule has 0 saturated heterocycles. The third-order valence-corrected chi connectivity index (χ3v) is 5.47. The molecule has 1 aliphatic carbocycles. The van der Waals surface area contributed by atoms with E-state index in [0.717, 1.165) is 27.6 Å². The van der Waals surface area contributed by atoms with Crippen LogP contribution in [0.25, 0.3) is 10.9 Å². The van der Waals surface area contributed by atoms with Crippen LogP contribution in [-0.4, -0.2) is 33.3 Å². The van der Waals surface area contributed by atoms with E-state index in [9.17, 15) is 23.1 Å². The Morgan fingerprint density at radius 3 is 2.79 bits per heavy atom. The number of aliphatic hydroxyl groups is 1. The summed E-state index contributed by atoms with van der Waals surface area (Å²) in [5.41, 5.74) is 0.220. The van der Waals surface area contributed by atoms with Crippen molar-refractivity contribution in [3.63, 3.8) is 0 Å². The lowest BCUT2D eigenvalue weighted by Crippen LogP contribution is -2.40. The molecule has 29 heavy (non-hydrogen) atoms. The maximum Gasteiger partial charge on any atom is 0.420 e. The SMILES string of the molecule is O=C(Nc1nc(C(O)C(F)(F)F)cs1)C1CC(Oc2cccc3cccnc23)C1. The first-order valence-electron chi connectivity index (χ1n) is 8.82. The van der Waals surface area contributed by atoms with E-state index >= 15 is 0 Å². The highest BCUT2D eigenvalue weighted by Crippen LogP contribution is 2.36. The molecule has 2 aromatic heterocycles. The van der Waals surface area contributed by atoms with Gasteiger partial charge in [0.1, 0.15) is 17.4 Å². The first kappa shape index (κ1) is 19.6. The van der Waals surface area contributed by atoms with Gasteiger partial charge in [0.25, 0.3) is 0 Å². The number of halogens is 3. The largest absolute Gasteiger partial charge is 0.488 e. The van der Waals surface area contributed by atoms with Gasteiger partial charge in [-0.15, -0.1) is 11.3 Å². The van der Waals surface area contributed by atoms with Gasteiger partial charge in [0.05, 0.1) is 5.69 Å². The fourth-order valence-electron chi connectivity index (χ4n) is 3.07. The molecule has 6 nitrogen and oxygen atoms in total. The molecular weight excluding hydrogens is 407 g/mol. The molecule has 2 N–H and O–H groups in total. The zero-order valence-corrected chi connectivity index (χ0v) is 15.7. The lowest BCUT2D eigenvalue weighted by molar-refractivity contribution is -0.207. The standard InChI is InChI=1S/C19H16F3N3O3S/c20-19(21,22)16(26)13-9-29-18(24-13)25-17(27)11-7-12(8-11)28-14-5-1-3-10-4-2-6-23-15(10)14/h1-6,9,11-12,16,26H,7-8H2,(H,24,25,27). The number of fused-ring (bicyclic) bond motifs is 1. The number of pyridine rings is 1. The Hall–Kier alpha value is -2.72. The molecule has 1 amide bonds. The van der Waals surface area contributed by atoms with Crippen molar-refractivity contribution in [3.8, 4) is 5.75 Å². The first-order chi connectivity index (χ1) is 13.8. The van der Waals surface area contributed by atoms with Crippen LogP contribution in [0, 0.1) is 5.92 Å². The molecule has 2 heterocycles. The number of aliphatic hydroxyl groups excluding tert-OH is 1. The third-order valence-electron chi connectivity index (χ3n) is 4.70. The molecule has 1 aliphatic rings. The summed E-state index contributed by atoms with van der Waals surface area (Å²) < 4.78 is 43.5. The number of nitrogens with zero attached hydrogens (tertiary/aromatic N) is 2. The van der Waals surface area contributed by atoms with Gasteiger partial charge in [0, 0.05) is 22.9 Å². The van der Waals surface area contributed by atoms with E-state index in [4.69, 9.17) is 4.74 Å². The molecule has 1 atom stereocenters. The maximum atomic E-state index is 12.5. The minimum Gasteiger partial charge on any atom is -0.488 e. The Kier molecular flexibility index (Phi) is 5.13. The number of carbonyl (C=O) groups excluding carboxylic acids is 1. The highest BCUT2D eigenvalue weighted by Gasteiger charge is 2.41. The van der Waals surface area contributed by atoms with E-state index in [1.165, 1.54) is 0 Å². The fourth-order valence-corrected chi connectivity index (χ4v) is 3.80. The van der Waals surface area contributed by atoms with Gasteiger partial charge in [-0.05, 0) is 25.0 Å². The van der Waals surface area contributed by atoms with E-state index in [1.54, 1.807) is 6.20 Å². The van der Waals surface area contributed by atoms with Crippen LogP contribution in [0.2, 0.25) is 0 Å². The van der Waals surface area contributed by atoms with E-state index in [-0.39, 0.29) is 23.1 Å². The lowest BCUT2D eigenvalue weighted by Gasteiger charge is -2.34. The molecule has 10 heteroatoms. The van der Waals surface area contributed by atoms with E-state index in [0.29, 0.717) is 18.6 Å². The van der Waals surface area contributed by atoms with Gasteiger partial charge in [-0.3, -0.25) is 9.78 Å². The van der Waals surface area contributed by atoms with Gasteiger partial charge >= 0.3 is 6.18 Å². The monoisotopic (exact) mass is 423 g/mol. The van der Waals surface area contributed by atoms with Crippen molar-refractivity contribution >= 4 is 33.3 Å². The fraction of sp³-hybridized carbons (Fsp3) is 0.316. The summed E-state index contributed by atoms with van der Waals surface area (Å²) >= 11 is 0.837. The number of anilines is 1. The van der Waals surface area contributed by atoms with Gasteiger partial charge in [0.2, 0.25) is 5.91 Å².